The first kappa shape index (κ1) is 17.2. The largest absolute Gasteiger partial charge is 0.480 e. The van der Waals surface area contributed by atoms with Crippen LogP contribution in [0.4, 0.5) is 9.18 Å². The van der Waals surface area contributed by atoms with Gasteiger partial charge >= 0.3 is 12.1 Å². The Balaban J connectivity index is 2.13. The average Bonchev–Trinajstić information content (AvgIpc) is 2.45. The van der Waals surface area contributed by atoms with Gasteiger partial charge < -0.3 is 9.84 Å². The molecule has 0 spiro atoms. The summed E-state index contributed by atoms with van der Waals surface area (Å²) in [6, 6.07) is 5.13. The van der Waals surface area contributed by atoms with Crippen LogP contribution in [-0.2, 0) is 9.53 Å². The third kappa shape index (κ3) is 4.43. The number of hydrogen-bond acceptors (Lipinski definition) is 3. The summed E-state index contributed by atoms with van der Waals surface area (Å²) in [4.78, 5) is 25.0. The molecule has 1 aliphatic rings. The normalized spacial score (nSPS) is 21.8. The fourth-order valence-corrected chi connectivity index (χ4v) is 2.78. The Morgan fingerprint density at radius 2 is 1.87 bits per heavy atom. The number of aliphatic carboxylic acids is 1. The molecule has 0 aromatic heterocycles. The number of carbonyl (C=O) groups excluding carboxylic acids is 1. The highest BCUT2D eigenvalue weighted by atomic mass is 19.1. The number of nitrogens with zero attached hydrogens (tertiary/aromatic N) is 1. The van der Waals surface area contributed by atoms with Gasteiger partial charge in [-0.3, -0.25) is 4.90 Å². The number of carboxylic acids is 1. The van der Waals surface area contributed by atoms with Crippen LogP contribution in [0.25, 0.3) is 0 Å². The lowest BCUT2D eigenvalue weighted by molar-refractivity contribution is -0.144. The minimum absolute atomic E-state index is 0.0182. The maximum absolute atomic E-state index is 13.0. The summed E-state index contributed by atoms with van der Waals surface area (Å²) in [5, 5.41) is 9.46. The summed E-state index contributed by atoms with van der Waals surface area (Å²) < 4.78 is 18.3. The van der Waals surface area contributed by atoms with Gasteiger partial charge in [0.25, 0.3) is 0 Å². The van der Waals surface area contributed by atoms with Crippen LogP contribution in [0.3, 0.4) is 0 Å². The number of hydrogen-bond donors (Lipinski definition) is 1. The topological polar surface area (TPSA) is 66.8 Å². The molecule has 1 aromatic rings. The standard InChI is InChI=1S/C17H22FNO4/c1-17(2,3)23-16(22)19-9-8-12(10-14(19)15(20)21)11-4-6-13(18)7-5-11/h4-7,12,14H,8-10H2,1-3H3,(H,20,21)/t12-,14-/m1/s1. The molecule has 1 saturated heterocycles. The van der Waals surface area contributed by atoms with E-state index in [4.69, 9.17) is 4.74 Å². The molecule has 0 unspecified atom stereocenters. The Morgan fingerprint density at radius 3 is 2.39 bits per heavy atom. The quantitative estimate of drug-likeness (QED) is 0.906. The van der Waals surface area contributed by atoms with Crippen molar-refractivity contribution in [2.45, 2.75) is 51.2 Å². The van der Waals surface area contributed by atoms with Gasteiger partial charge in [-0.2, -0.15) is 0 Å². The number of rotatable bonds is 2. The van der Waals surface area contributed by atoms with Gasteiger partial charge in [0.2, 0.25) is 0 Å². The van der Waals surface area contributed by atoms with E-state index in [1.807, 2.05) is 0 Å². The molecule has 0 radical (unpaired) electrons. The Labute approximate surface area is 135 Å². The minimum Gasteiger partial charge on any atom is -0.480 e. The van der Waals surface area contributed by atoms with Crippen molar-refractivity contribution in [1.82, 2.24) is 4.90 Å². The summed E-state index contributed by atoms with van der Waals surface area (Å²) in [6.45, 7) is 5.53. The highest BCUT2D eigenvalue weighted by Gasteiger charge is 2.38. The first-order valence-electron chi connectivity index (χ1n) is 7.65. The zero-order chi connectivity index (χ0) is 17.2. The zero-order valence-electron chi connectivity index (χ0n) is 13.6. The van der Waals surface area contributed by atoms with Gasteiger partial charge in [0, 0.05) is 6.54 Å². The Hall–Kier alpha value is -2.11. The molecule has 5 nitrogen and oxygen atoms in total. The van der Waals surface area contributed by atoms with Crippen molar-refractivity contribution in [3.8, 4) is 0 Å². The van der Waals surface area contributed by atoms with Crippen LogP contribution in [0.15, 0.2) is 24.3 Å². The molecule has 1 heterocycles. The second-order valence-electron chi connectivity index (χ2n) is 6.80. The maximum atomic E-state index is 13.0. The molecule has 2 rings (SSSR count). The third-order valence-corrected chi connectivity index (χ3v) is 3.86. The fourth-order valence-electron chi connectivity index (χ4n) is 2.78. The molecule has 1 fully saturated rings. The number of benzene rings is 1. The molecule has 1 aliphatic heterocycles. The lowest BCUT2D eigenvalue weighted by atomic mass is 9.85. The average molecular weight is 323 g/mol. The fraction of sp³-hybridized carbons (Fsp3) is 0.529. The molecule has 2 atom stereocenters. The predicted molar refractivity (Wildman–Crippen MR) is 82.7 cm³/mol. The highest BCUT2D eigenvalue weighted by Crippen LogP contribution is 2.32. The van der Waals surface area contributed by atoms with Crippen molar-refractivity contribution in [2.75, 3.05) is 6.54 Å². The van der Waals surface area contributed by atoms with Crippen LogP contribution in [0.2, 0.25) is 0 Å². The monoisotopic (exact) mass is 323 g/mol. The molecular formula is C17H22FNO4. The van der Waals surface area contributed by atoms with E-state index in [-0.39, 0.29) is 11.7 Å². The van der Waals surface area contributed by atoms with Gasteiger partial charge in [0.1, 0.15) is 17.5 Å². The number of halogens is 1. The molecule has 0 saturated carbocycles. The maximum Gasteiger partial charge on any atom is 0.411 e. The molecule has 126 valence electrons. The molecule has 0 bridgehead atoms. The van der Waals surface area contributed by atoms with Crippen LogP contribution in [-0.4, -0.2) is 40.3 Å². The summed E-state index contributed by atoms with van der Waals surface area (Å²) >= 11 is 0. The van der Waals surface area contributed by atoms with Gasteiger partial charge in [-0.05, 0) is 57.2 Å². The molecule has 23 heavy (non-hydrogen) atoms. The van der Waals surface area contributed by atoms with Crippen LogP contribution in [0, 0.1) is 5.82 Å². The number of likely N-dealkylation sites (tertiary alicyclic amines) is 1. The first-order valence-corrected chi connectivity index (χ1v) is 7.65. The number of carboxylic acid groups (broad SMARTS) is 1. The van der Waals surface area contributed by atoms with Crippen molar-refractivity contribution in [3.05, 3.63) is 35.6 Å². The number of ether oxygens (including phenoxy) is 1. The van der Waals surface area contributed by atoms with Crippen LogP contribution < -0.4 is 0 Å². The SMILES string of the molecule is CC(C)(C)OC(=O)N1CC[C@@H](c2ccc(F)cc2)C[C@@H]1C(=O)O. The molecule has 1 amide bonds. The summed E-state index contributed by atoms with van der Waals surface area (Å²) in [5.41, 5.74) is 0.218. The van der Waals surface area contributed by atoms with Crippen LogP contribution in [0.1, 0.15) is 45.1 Å². The smallest absolute Gasteiger partial charge is 0.411 e. The minimum atomic E-state index is -1.05. The van der Waals surface area contributed by atoms with Crippen molar-refractivity contribution < 1.29 is 23.8 Å². The second-order valence-corrected chi connectivity index (χ2v) is 6.80. The van der Waals surface area contributed by atoms with Crippen molar-refractivity contribution in [1.29, 1.82) is 0 Å². The van der Waals surface area contributed by atoms with Crippen LogP contribution in [0.5, 0.6) is 0 Å². The van der Waals surface area contributed by atoms with Gasteiger partial charge in [-0.1, -0.05) is 12.1 Å². The number of carbonyl (C=O) groups is 2. The first-order chi connectivity index (χ1) is 10.7. The van der Waals surface area contributed by atoms with Crippen molar-refractivity contribution in [3.63, 3.8) is 0 Å². The van der Waals surface area contributed by atoms with E-state index in [0.717, 1.165) is 5.56 Å². The highest BCUT2D eigenvalue weighted by molar-refractivity contribution is 5.80. The summed E-state index contributed by atoms with van der Waals surface area (Å²) in [7, 11) is 0. The van der Waals surface area contributed by atoms with Crippen molar-refractivity contribution in [2.24, 2.45) is 0 Å². The molecule has 0 aliphatic carbocycles. The van der Waals surface area contributed by atoms with E-state index < -0.39 is 23.7 Å². The molecule has 1 aromatic carbocycles. The van der Waals surface area contributed by atoms with Gasteiger partial charge in [0.15, 0.2) is 0 Å². The molecule has 6 heteroatoms. The van der Waals surface area contributed by atoms with Gasteiger partial charge in [-0.15, -0.1) is 0 Å². The van der Waals surface area contributed by atoms with Gasteiger partial charge in [0.05, 0.1) is 0 Å². The number of piperidine rings is 1. The van der Waals surface area contributed by atoms with E-state index in [0.29, 0.717) is 19.4 Å². The zero-order valence-corrected chi connectivity index (χ0v) is 13.6. The van der Waals surface area contributed by atoms with E-state index in [2.05, 4.69) is 0 Å². The lowest BCUT2D eigenvalue weighted by Gasteiger charge is -2.38. The summed E-state index contributed by atoms with van der Waals surface area (Å²) in [5.74, 6) is -1.40. The third-order valence-electron chi connectivity index (χ3n) is 3.86. The molecule has 1 N–H and O–H groups in total. The van der Waals surface area contributed by atoms with E-state index in [9.17, 15) is 19.1 Å². The predicted octanol–water partition coefficient (Wildman–Crippen LogP) is 3.39. The van der Waals surface area contributed by atoms with Crippen molar-refractivity contribution >= 4 is 12.1 Å². The Bertz CT molecular complexity index is 579. The second kappa shape index (κ2) is 6.56. The van der Waals surface area contributed by atoms with Crippen LogP contribution >= 0.6 is 0 Å². The van der Waals surface area contributed by atoms with Gasteiger partial charge in [-0.25, -0.2) is 14.0 Å². The Morgan fingerprint density at radius 1 is 1.26 bits per heavy atom. The Kier molecular flexibility index (Phi) is 4.92. The molecular weight excluding hydrogens is 301 g/mol. The summed E-state index contributed by atoms with van der Waals surface area (Å²) in [6.07, 6.45) is 0.303. The van der Waals surface area contributed by atoms with E-state index in [1.165, 1.54) is 17.0 Å². The number of amides is 1. The van der Waals surface area contributed by atoms with E-state index in [1.54, 1.807) is 32.9 Å². The van der Waals surface area contributed by atoms with E-state index >= 15 is 0 Å². The lowest BCUT2D eigenvalue weighted by Crippen LogP contribution is -2.51.